The summed E-state index contributed by atoms with van der Waals surface area (Å²) in [6.07, 6.45) is -0.974. The van der Waals surface area contributed by atoms with Gasteiger partial charge >= 0.3 is 12.1 Å². The lowest BCUT2D eigenvalue weighted by atomic mass is 9.86. The van der Waals surface area contributed by atoms with Crippen molar-refractivity contribution < 1.29 is 39.0 Å². The average Bonchev–Trinajstić information content (AvgIpc) is 2.77. The molecule has 0 atom stereocenters. The Hall–Kier alpha value is -3.64. The van der Waals surface area contributed by atoms with Crippen LogP contribution in [0.3, 0.4) is 0 Å². The normalized spacial score (nSPS) is 21.1. The van der Waals surface area contributed by atoms with Crippen LogP contribution in [0.2, 0.25) is 0 Å². The number of barbiturate groups is 2. The van der Waals surface area contributed by atoms with Gasteiger partial charge in [0.25, 0.3) is 23.6 Å². The molecule has 170 valence electrons. The highest BCUT2D eigenvalue weighted by Crippen LogP contribution is 2.27. The third kappa shape index (κ3) is 3.24. The van der Waals surface area contributed by atoms with Crippen LogP contribution in [0, 0.1) is 0 Å². The van der Waals surface area contributed by atoms with Crippen LogP contribution < -0.4 is 0 Å². The Kier molecular flexibility index (Phi) is 5.40. The van der Waals surface area contributed by atoms with Crippen molar-refractivity contribution in [3.05, 3.63) is 35.4 Å². The van der Waals surface area contributed by atoms with E-state index in [9.17, 15) is 39.0 Å². The second-order valence-corrected chi connectivity index (χ2v) is 7.92. The van der Waals surface area contributed by atoms with E-state index in [0.29, 0.717) is 19.6 Å². The molecule has 2 N–H and O–H groups in total. The number of likely N-dealkylation sites (N-methyl/N-ethyl adjacent to an activating group) is 4. The molecule has 2 aliphatic rings. The third-order valence-electron chi connectivity index (χ3n) is 5.69. The molecule has 2 saturated heterocycles. The van der Waals surface area contributed by atoms with Gasteiger partial charge < -0.3 is 10.2 Å². The number of carbonyl (C=O) groups excluding carboxylic acids is 6. The number of urea groups is 2. The van der Waals surface area contributed by atoms with Crippen molar-refractivity contribution in [1.82, 2.24) is 19.6 Å². The Bertz CT molecular complexity index is 940. The number of amides is 8. The van der Waals surface area contributed by atoms with Gasteiger partial charge in [0.2, 0.25) is 11.2 Å². The summed E-state index contributed by atoms with van der Waals surface area (Å²) in [5.41, 5.74) is -4.51. The SMILES string of the molecule is CN1C(=O)N(C)C(=O)C(O)(Cc2cccc(CC3(O)C(=O)N(C)C(=O)N(C)C3=O)c2)C1=O. The van der Waals surface area contributed by atoms with Crippen molar-refractivity contribution in [1.29, 1.82) is 0 Å². The van der Waals surface area contributed by atoms with Crippen molar-refractivity contribution in [2.45, 2.75) is 24.0 Å². The summed E-state index contributed by atoms with van der Waals surface area (Å²) in [6.45, 7) is 0. The number of imide groups is 4. The van der Waals surface area contributed by atoms with Gasteiger partial charge in [-0.25, -0.2) is 9.59 Å². The first-order valence-corrected chi connectivity index (χ1v) is 9.49. The van der Waals surface area contributed by atoms with Crippen LogP contribution in [-0.2, 0) is 32.0 Å². The molecule has 2 fully saturated rings. The van der Waals surface area contributed by atoms with Crippen LogP contribution in [0.1, 0.15) is 11.1 Å². The molecule has 12 heteroatoms. The minimum atomic E-state index is -2.53. The second kappa shape index (κ2) is 7.50. The zero-order valence-corrected chi connectivity index (χ0v) is 17.9. The zero-order valence-electron chi connectivity index (χ0n) is 17.9. The van der Waals surface area contributed by atoms with Crippen LogP contribution in [0.15, 0.2) is 24.3 Å². The van der Waals surface area contributed by atoms with E-state index in [1.165, 1.54) is 24.3 Å². The van der Waals surface area contributed by atoms with Crippen molar-refractivity contribution in [2.24, 2.45) is 0 Å². The van der Waals surface area contributed by atoms with Crippen LogP contribution >= 0.6 is 0 Å². The maximum Gasteiger partial charge on any atom is 0.333 e. The van der Waals surface area contributed by atoms with Crippen LogP contribution in [0.25, 0.3) is 0 Å². The molecule has 1 aromatic carbocycles. The second-order valence-electron chi connectivity index (χ2n) is 7.92. The van der Waals surface area contributed by atoms with Crippen molar-refractivity contribution in [3.8, 4) is 0 Å². The summed E-state index contributed by atoms with van der Waals surface area (Å²) in [5.74, 6) is -4.36. The van der Waals surface area contributed by atoms with Gasteiger partial charge in [-0.2, -0.15) is 0 Å². The largest absolute Gasteiger partial charge is 0.371 e. The highest BCUT2D eigenvalue weighted by molar-refractivity contribution is 6.22. The van der Waals surface area contributed by atoms with Gasteiger partial charge in [-0.05, 0) is 11.1 Å². The first-order valence-electron chi connectivity index (χ1n) is 9.49. The van der Waals surface area contributed by atoms with Crippen LogP contribution in [0.5, 0.6) is 0 Å². The van der Waals surface area contributed by atoms with Gasteiger partial charge in [0.05, 0.1) is 0 Å². The van der Waals surface area contributed by atoms with Gasteiger partial charge in [-0.15, -0.1) is 0 Å². The van der Waals surface area contributed by atoms with Crippen LogP contribution in [0.4, 0.5) is 9.59 Å². The Morgan fingerprint density at radius 2 is 0.906 bits per heavy atom. The van der Waals surface area contributed by atoms with Crippen molar-refractivity contribution in [2.75, 3.05) is 28.2 Å². The quantitative estimate of drug-likeness (QED) is 0.520. The number of carbonyl (C=O) groups is 6. The van der Waals surface area contributed by atoms with Gasteiger partial charge in [0.1, 0.15) is 0 Å². The third-order valence-corrected chi connectivity index (χ3v) is 5.69. The minimum absolute atomic E-state index is 0.278. The molecule has 0 aliphatic carbocycles. The molecule has 0 spiro atoms. The lowest BCUT2D eigenvalue weighted by Crippen LogP contribution is -2.68. The van der Waals surface area contributed by atoms with Crippen LogP contribution in [-0.4, -0.2) is 105 Å². The summed E-state index contributed by atoms with van der Waals surface area (Å²) in [4.78, 5) is 76.3. The molecule has 3 rings (SSSR count). The number of hydrogen-bond acceptors (Lipinski definition) is 8. The lowest BCUT2D eigenvalue weighted by molar-refractivity contribution is -0.168. The molecule has 2 aliphatic heterocycles. The fourth-order valence-corrected chi connectivity index (χ4v) is 3.83. The Morgan fingerprint density at radius 1 is 0.625 bits per heavy atom. The van der Waals surface area contributed by atoms with Crippen molar-refractivity contribution in [3.63, 3.8) is 0 Å². The van der Waals surface area contributed by atoms with E-state index >= 15 is 0 Å². The maximum atomic E-state index is 12.5. The fraction of sp³-hybridized carbons (Fsp3) is 0.400. The Morgan fingerprint density at radius 3 is 1.19 bits per heavy atom. The van der Waals surface area contributed by atoms with Crippen molar-refractivity contribution >= 4 is 35.7 Å². The number of benzene rings is 1. The molecule has 0 saturated carbocycles. The summed E-state index contributed by atoms with van der Waals surface area (Å²) in [7, 11) is 4.55. The predicted molar refractivity (Wildman–Crippen MR) is 106 cm³/mol. The first kappa shape index (κ1) is 23.0. The molecule has 0 bridgehead atoms. The van der Waals surface area contributed by atoms with E-state index in [2.05, 4.69) is 0 Å². The van der Waals surface area contributed by atoms with E-state index in [-0.39, 0.29) is 11.1 Å². The van der Waals surface area contributed by atoms with E-state index < -0.39 is 59.7 Å². The predicted octanol–water partition coefficient (Wildman–Crippen LogP) is -1.67. The van der Waals surface area contributed by atoms with E-state index in [1.54, 1.807) is 0 Å². The average molecular weight is 446 g/mol. The summed E-state index contributed by atoms with van der Waals surface area (Å²) in [6, 6.07) is 4.13. The molecule has 0 aromatic heterocycles. The van der Waals surface area contributed by atoms with Gasteiger partial charge in [-0.1, -0.05) is 24.3 Å². The highest BCUT2D eigenvalue weighted by atomic mass is 16.3. The molecule has 1 aromatic rings. The lowest BCUT2D eigenvalue weighted by Gasteiger charge is -2.38. The highest BCUT2D eigenvalue weighted by Gasteiger charge is 2.56. The van der Waals surface area contributed by atoms with E-state index in [1.807, 2.05) is 0 Å². The van der Waals surface area contributed by atoms with E-state index in [0.717, 1.165) is 28.2 Å². The molecule has 0 radical (unpaired) electrons. The Labute approximate surface area is 182 Å². The summed E-state index contributed by atoms with van der Waals surface area (Å²) in [5, 5.41) is 21.6. The smallest absolute Gasteiger partial charge is 0.333 e. The van der Waals surface area contributed by atoms with Gasteiger partial charge in [-0.3, -0.25) is 38.8 Å². The molecular weight excluding hydrogens is 424 g/mol. The topological polar surface area (TPSA) is 156 Å². The summed E-state index contributed by atoms with van der Waals surface area (Å²) < 4.78 is 0. The van der Waals surface area contributed by atoms with Gasteiger partial charge in [0, 0.05) is 41.0 Å². The van der Waals surface area contributed by atoms with E-state index in [4.69, 9.17) is 0 Å². The number of aliphatic hydroxyl groups is 2. The fourth-order valence-electron chi connectivity index (χ4n) is 3.83. The standard InChI is InChI=1S/C20H22N4O8/c1-21-13(25)19(31,14(26)22(2)17(21)29)9-11-6-5-7-12(8-11)10-20(32)15(27)23(3)18(30)24(4)16(20)28/h5-8,31-32H,9-10H2,1-4H3. The summed E-state index contributed by atoms with van der Waals surface area (Å²) >= 11 is 0. The maximum absolute atomic E-state index is 12.5. The minimum Gasteiger partial charge on any atom is -0.371 e. The van der Waals surface area contributed by atoms with Gasteiger partial charge in [0.15, 0.2) is 0 Å². The zero-order chi connectivity index (χ0) is 24.2. The molecule has 0 unspecified atom stereocenters. The monoisotopic (exact) mass is 446 g/mol. The molecule has 2 heterocycles. The number of rotatable bonds is 4. The molecule has 8 amide bonds. The number of hydrogen-bond donors (Lipinski definition) is 2. The molecule has 32 heavy (non-hydrogen) atoms. The molecule has 12 nitrogen and oxygen atoms in total. The first-order chi connectivity index (χ1) is 14.8. The number of nitrogens with zero attached hydrogens (tertiary/aromatic N) is 4. The molecular formula is C20H22N4O8. The Balaban J connectivity index is 1.91.